The Labute approximate surface area is 127 Å². The van der Waals surface area contributed by atoms with Crippen molar-refractivity contribution < 1.29 is 4.79 Å². The Morgan fingerprint density at radius 1 is 0.955 bits per heavy atom. The summed E-state index contributed by atoms with van der Waals surface area (Å²) in [6.45, 7) is 3.84. The molecular weight excluding hydrogens is 278 g/mol. The maximum absolute atomic E-state index is 11.9. The Balaban J connectivity index is 1.79. The van der Waals surface area contributed by atoms with Crippen LogP contribution < -0.4 is 10.6 Å². The van der Waals surface area contributed by atoms with Crippen molar-refractivity contribution in [3.8, 4) is 0 Å². The number of hydrogen-bond acceptors (Lipinski definition) is 4. The van der Waals surface area contributed by atoms with Crippen molar-refractivity contribution in [2.75, 3.05) is 10.6 Å². The molecule has 2 N–H and O–H groups in total. The normalized spacial score (nSPS) is 10.5. The second-order valence-corrected chi connectivity index (χ2v) is 4.89. The molecule has 0 radical (unpaired) electrons. The van der Waals surface area contributed by atoms with Gasteiger partial charge in [-0.25, -0.2) is 19.7 Å². The van der Waals surface area contributed by atoms with Crippen molar-refractivity contribution in [1.82, 2.24) is 15.0 Å². The predicted molar refractivity (Wildman–Crippen MR) is 85.9 cm³/mol. The van der Waals surface area contributed by atoms with Gasteiger partial charge >= 0.3 is 6.03 Å². The zero-order valence-corrected chi connectivity index (χ0v) is 12.3. The van der Waals surface area contributed by atoms with Crippen molar-refractivity contribution in [3.63, 3.8) is 0 Å². The van der Waals surface area contributed by atoms with Gasteiger partial charge in [0.1, 0.15) is 5.82 Å². The van der Waals surface area contributed by atoms with E-state index in [1.54, 1.807) is 36.5 Å². The molecule has 0 spiro atoms. The van der Waals surface area contributed by atoms with Gasteiger partial charge in [-0.15, -0.1) is 0 Å². The lowest BCUT2D eigenvalue weighted by atomic mass is 10.2. The van der Waals surface area contributed by atoms with Gasteiger partial charge < -0.3 is 5.32 Å². The number of urea groups is 1. The molecule has 6 heteroatoms. The molecule has 110 valence electrons. The molecule has 0 aliphatic rings. The molecule has 3 rings (SSSR count). The second-order valence-electron chi connectivity index (χ2n) is 4.89. The molecule has 0 aliphatic heterocycles. The van der Waals surface area contributed by atoms with Crippen LogP contribution in [-0.2, 0) is 0 Å². The summed E-state index contributed by atoms with van der Waals surface area (Å²) in [5.41, 5.74) is 3.99. The number of rotatable bonds is 2. The number of amides is 2. The SMILES string of the molecule is Cc1nc2ccc(NC(=O)Nc3ccccn3)cc2nc1C. The van der Waals surface area contributed by atoms with Gasteiger partial charge in [0.15, 0.2) is 0 Å². The van der Waals surface area contributed by atoms with Crippen LogP contribution in [0.2, 0.25) is 0 Å². The summed E-state index contributed by atoms with van der Waals surface area (Å²) in [4.78, 5) is 24.9. The van der Waals surface area contributed by atoms with Crippen LogP contribution in [0.15, 0.2) is 42.6 Å². The molecule has 0 saturated carbocycles. The second kappa shape index (κ2) is 5.77. The van der Waals surface area contributed by atoms with Crippen LogP contribution in [0.4, 0.5) is 16.3 Å². The fourth-order valence-corrected chi connectivity index (χ4v) is 2.02. The minimum absolute atomic E-state index is 0.352. The van der Waals surface area contributed by atoms with Crippen LogP contribution in [0.25, 0.3) is 11.0 Å². The number of aromatic nitrogens is 3. The summed E-state index contributed by atoms with van der Waals surface area (Å²) < 4.78 is 0. The molecular formula is C16H15N5O. The molecule has 2 heterocycles. The Morgan fingerprint density at radius 3 is 2.45 bits per heavy atom. The number of carbonyl (C=O) groups excluding carboxylic acids is 1. The number of benzene rings is 1. The Morgan fingerprint density at radius 2 is 1.73 bits per heavy atom. The van der Waals surface area contributed by atoms with Crippen molar-refractivity contribution >= 4 is 28.6 Å². The van der Waals surface area contributed by atoms with Crippen LogP contribution in [0, 0.1) is 13.8 Å². The van der Waals surface area contributed by atoms with Gasteiger partial charge in [-0.3, -0.25) is 5.32 Å². The number of hydrogen-bond donors (Lipinski definition) is 2. The number of pyridine rings is 1. The summed E-state index contributed by atoms with van der Waals surface area (Å²) in [5.74, 6) is 0.493. The van der Waals surface area contributed by atoms with E-state index in [-0.39, 0.29) is 6.03 Å². The van der Waals surface area contributed by atoms with Crippen LogP contribution in [0.1, 0.15) is 11.4 Å². The first-order valence-electron chi connectivity index (χ1n) is 6.86. The molecule has 22 heavy (non-hydrogen) atoms. The molecule has 0 atom stereocenters. The van der Waals surface area contributed by atoms with Crippen molar-refractivity contribution in [2.45, 2.75) is 13.8 Å². The zero-order chi connectivity index (χ0) is 15.5. The fourth-order valence-electron chi connectivity index (χ4n) is 2.02. The van der Waals surface area contributed by atoms with Gasteiger partial charge in [0.2, 0.25) is 0 Å². The van der Waals surface area contributed by atoms with E-state index in [2.05, 4.69) is 25.6 Å². The maximum atomic E-state index is 11.9. The number of anilines is 2. The van der Waals surface area contributed by atoms with Crippen molar-refractivity contribution in [1.29, 1.82) is 0 Å². The topological polar surface area (TPSA) is 79.8 Å². The lowest BCUT2D eigenvalue weighted by Crippen LogP contribution is -2.19. The maximum Gasteiger partial charge on any atom is 0.324 e. The number of carbonyl (C=O) groups is 1. The standard InChI is InChI=1S/C16H15N5O/c1-10-11(2)19-14-9-12(6-7-13(14)18-10)20-16(22)21-15-5-3-4-8-17-15/h3-9H,1-2H3,(H2,17,20,21,22). The number of fused-ring (bicyclic) bond motifs is 1. The molecule has 1 aromatic carbocycles. The third kappa shape index (κ3) is 3.01. The van der Waals surface area contributed by atoms with Gasteiger partial charge in [0.05, 0.1) is 22.4 Å². The third-order valence-corrected chi connectivity index (χ3v) is 3.24. The van der Waals surface area contributed by atoms with Crippen LogP contribution >= 0.6 is 0 Å². The molecule has 6 nitrogen and oxygen atoms in total. The van der Waals surface area contributed by atoms with E-state index in [1.807, 2.05) is 19.9 Å². The highest BCUT2D eigenvalue weighted by Crippen LogP contribution is 2.17. The highest BCUT2D eigenvalue weighted by atomic mass is 16.2. The van der Waals surface area contributed by atoms with E-state index in [0.717, 1.165) is 22.4 Å². The molecule has 2 amide bonds. The number of nitrogens with zero attached hydrogens (tertiary/aromatic N) is 3. The van der Waals surface area contributed by atoms with E-state index >= 15 is 0 Å². The minimum Gasteiger partial charge on any atom is -0.308 e. The molecule has 0 aliphatic carbocycles. The van der Waals surface area contributed by atoms with Gasteiger partial charge in [0, 0.05) is 11.9 Å². The summed E-state index contributed by atoms with van der Waals surface area (Å²) in [6.07, 6.45) is 1.62. The smallest absolute Gasteiger partial charge is 0.308 e. The van der Waals surface area contributed by atoms with Crippen LogP contribution in [0.3, 0.4) is 0 Å². The predicted octanol–water partition coefficient (Wildman–Crippen LogP) is 3.29. The van der Waals surface area contributed by atoms with Gasteiger partial charge in [0.25, 0.3) is 0 Å². The van der Waals surface area contributed by atoms with Crippen molar-refractivity contribution in [3.05, 3.63) is 54.0 Å². The third-order valence-electron chi connectivity index (χ3n) is 3.24. The largest absolute Gasteiger partial charge is 0.324 e. The first kappa shape index (κ1) is 13.9. The molecule has 0 fully saturated rings. The van der Waals surface area contributed by atoms with E-state index < -0.39 is 0 Å². The lowest BCUT2D eigenvalue weighted by molar-refractivity contribution is 0.262. The van der Waals surface area contributed by atoms with Gasteiger partial charge in [-0.2, -0.15) is 0 Å². The summed E-state index contributed by atoms with van der Waals surface area (Å²) in [6, 6.07) is 10.4. The van der Waals surface area contributed by atoms with E-state index in [4.69, 9.17) is 0 Å². The quantitative estimate of drug-likeness (QED) is 0.760. The van der Waals surface area contributed by atoms with E-state index in [0.29, 0.717) is 11.5 Å². The summed E-state index contributed by atoms with van der Waals surface area (Å²) in [5, 5.41) is 5.42. The molecule has 0 bridgehead atoms. The minimum atomic E-state index is -0.352. The molecule has 3 aromatic rings. The number of aryl methyl sites for hydroxylation is 2. The van der Waals surface area contributed by atoms with Gasteiger partial charge in [-0.05, 0) is 44.2 Å². The highest BCUT2D eigenvalue weighted by Gasteiger charge is 2.06. The van der Waals surface area contributed by atoms with Crippen LogP contribution in [0.5, 0.6) is 0 Å². The first-order valence-corrected chi connectivity index (χ1v) is 6.86. The number of nitrogens with one attached hydrogen (secondary N) is 2. The summed E-state index contributed by atoms with van der Waals surface area (Å²) in [7, 11) is 0. The molecule has 2 aromatic heterocycles. The first-order chi connectivity index (χ1) is 10.6. The Kier molecular flexibility index (Phi) is 3.65. The lowest BCUT2D eigenvalue weighted by Gasteiger charge is -2.08. The van der Waals surface area contributed by atoms with Crippen LogP contribution in [-0.4, -0.2) is 21.0 Å². The zero-order valence-electron chi connectivity index (χ0n) is 12.3. The Bertz CT molecular complexity index is 833. The summed E-state index contributed by atoms with van der Waals surface area (Å²) >= 11 is 0. The molecule has 0 saturated heterocycles. The average molecular weight is 293 g/mol. The molecule has 0 unspecified atom stereocenters. The van der Waals surface area contributed by atoms with E-state index in [9.17, 15) is 4.79 Å². The van der Waals surface area contributed by atoms with Crippen molar-refractivity contribution in [2.24, 2.45) is 0 Å². The van der Waals surface area contributed by atoms with Gasteiger partial charge in [-0.1, -0.05) is 6.07 Å². The monoisotopic (exact) mass is 293 g/mol. The fraction of sp³-hybridized carbons (Fsp3) is 0.125. The highest BCUT2D eigenvalue weighted by molar-refractivity contribution is 6.00. The Hall–Kier alpha value is -3.02. The average Bonchev–Trinajstić information content (AvgIpc) is 2.49. The van der Waals surface area contributed by atoms with E-state index in [1.165, 1.54) is 0 Å².